The van der Waals surface area contributed by atoms with Crippen molar-refractivity contribution in [3.8, 4) is 33.6 Å². The minimum absolute atomic E-state index is 0.922. The predicted octanol–water partition coefficient (Wildman–Crippen LogP) is 15.8. The summed E-state index contributed by atoms with van der Waals surface area (Å²) < 4.78 is 6.30. The largest absolute Gasteiger partial charge is 0.456 e. The van der Waals surface area contributed by atoms with Crippen LogP contribution in [0.3, 0.4) is 0 Å². The lowest BCUT2D eigenvalue weighted by atomic mass is 9.97. The lowest BCUT2D eigenvalue weighted by Gasteiger charge is -2.26. The molecule has 0 amide bonds. The van der Waals surface area contributed by atoms with Gasteiger partial charge in [-0.25, -0.2) is 0 Å². The highest BCUT2D eigenvalue weighted by molar-refractivity contribution is 6.10. The molecule has 2 nitrogen and oxygen atoms in total. The van der Waals surface area contributed by atoms with Crippen LogP contribution in [0.1, 0.15) is 5.56 Å². The van der Waals surface area contributed by atoms with Gasteiger partial charge in [-0.05, 0) is 121 Å². The lowest BCUT2D eigenvalue weighted by molar-refractivity contribution is 0.629. The first kappa shape index (κ1) is 33.0. The van der Waals surface area contributed by atoms with Crippen LogP contribution in [-0.4, -0.2) is 0 Å². The molecular formula is C55H37NO. The number of rotatable bonds is 6. The molecule has 0 atom stereocenters. The first-order valence-corrected chi connectivity index (χ1v) is 19.6. The van der Waals surface area contributed by atoms with Crippen molar-refractivity contribution in [1.29, 1.82) is 0 Å². The molecule has 268 valence electrons. The fraction of sp³-hybridized carbons (Fsp3) is 0.0182. The van der Waals surface area contributed by atoms with Gasteiger partial charge >= 0.3 is 0 Å². The number of nitrogens with zero attached hydrogens (tertiary/aromatic N) is 1. The zero-order valence-electron chi connectivity index (χ0n) is 31.5. The average molecular weight is 728 g/mol. The van der Waals surface area contributed by atoms with E-state index in [0.717, 1.165) is 44.9 Å². The number of hydrogen-bond donors (Lipinski definition) is 0. The number of furan rings is 1. The molecule has 0 aliphatic heterocycles. The molecule has 11 rings (SSSR count). The summed E-state index contributed by atoms with van der Waals surface area (Å²) in [5.41, 5.74) is 11.2. The molecule has 11 aromatic rings. The molecule has 0 aliphatic carbocycles. The molecule has 1 heterocycles. The van der Waals surface area contributed by atoms with E-state index in [-0.39, 0.29) is 0 Å². The molecule has 0 unspecified atom stereocenters. The Morgan fingerprint density at radius 2 is 0.772 bits per heavy atom. The summed E-state index contributed by atoms with van der Waals surface area (Å²) in [5, 5.41) is 11.2. The van der Waals surface area contributed by atoms with Gasteiger partial charge < -0.3 is 9.32 Å². The fourth-order valence-electron chi connectivity index (χ4n) is 8.67. The summed E-state index contributed by atoms with van der Waals surface area (Å²) in [6, 6.07) is 74.7. The second-order valence-electron chi connectivity index (χ2n) is 15.0. The number of hydrogen-bond acceptors (Lipinski definition) is 2. The van der Waals surface area contributed by atoms with Gasteiger partial charge in [0.05, 0.1) is 0 Å². The third-order valence-electron chi connectivity index (χ3n) is 11.6. The van der Waals surface area contributed by atoms with E-state index in [1.165, 1.54) is 65.3 Å². The molecule has 0 radical (unpaired) electrons. The molecule has 2 heteroatoms. The van der Waals surface area contributed by atoms with Crippen LogP contribution in [0, 0.1) is 6.92 Å². The van der Waals surface area contributed by atoms with E-state index in [2.05, 4.69) is 206 Å². The quantitative estimate of drug-likeness (QED) is 0.159. The number of benzene rings is 10. The highest BCUT2D eigenvalue weighted by atomic mass is 16.3. The Morgan fingerprint density at radius 3 is 1.37 bits per heavy atom. The molecule has 0 N–H and O–H groups in total. The van der Waals surface area contributed by atoms with E-state index in [4.69, 9.17) is 4.42 Å². The van der Waals surface area contributed by atoms with E-state index < -0.39 is 0 Å². The van der Waals surface area contributed by atoms with Gasteiger partial charge in [0, 0.05) is 33.6 Å². The molecule has 0 bridgehead atoms. The second-order valence-corrected chi connectivity index (χ2v) is 15.0. The van der Waals surface area contributed by atoms with E-state index in [0.29, 0.717) is 0 Å². The maximum absolute atomic E-state index is 6.30. The first-order valence-electron chi connectivity index (χ1n) is 19.6. The Balaban J connectivity index is 0.949. The lowest BCUT2D eigenvalue weighted by Crippen LogP contribution is -2.10. The molecule has 0 fully saturated rings. The Hall–Kier alpha value is -7.42. The van der Waals surface area contributed by atoms with Crippen LogP contribution in [0.15, 0.2) is 211 Å². The third-order valence-corrected chi connectivity index (χ3v) is 11.6. The highest BCUT2D eigenvalue weighted by Gasteiger charge is 2.16. The normalized spacial score (nSPS) is 11.6. The van der Waals surface area contributed by atoms with Gasteiger partial charge in [0.15, 0.2) is 0 Å². The highest BCUT2D eigenvalue weighted by Crippen LogP contribution is 2.41. The molecule has 1 aromatic heterocycles. The molecular weight excluding hydrogens is 691 g/mol. The summed E-state index contributed by atoms with van der Waals surface area (Å²) in [4.78, 5) is 2.38. The third kappa shape index (κ3) is 5.73. The zero-order chi connectivity index (χ0) is 37.9. The second kappa shape index (κ2) is 13.4. The predicted molar refractivity (Wildman–Crippen MR) is 242 cm³/mol. The minimum atomic E-state index is 0.922. The Morgan fingerprint density at radius 1 is 0.316 bits per heavy atom. The zero-order valence-corrected chi connectivity index (χ0v) is 31.5. The molecule has 10 aromatic carbocycles. The maximum atomic E-state index is 6.30. The maximum Gasteiger partial charge on any atom is 0.138 e. The van der Waals surface area contributed by atoms with Crippen molar-refractivity contribution in [3.05, 3.63) is 212 Å². The SMILES string of the molecule is Cc1c(-c2cccc(-c3ccc(-c4ccc(N(c5ccc6c(ccc7ccccc76)c5)c5ccc6c(ccc7ccccc76)c5)cc4)cc3)c2)oc2ccccc12. The van der Waals surface area contributed by atoms with Gasteiger partial charge in [-0.1, -0.05) is 158 Å². The summed E-state index contributed by atoms with van der Waals surface area (Å²) in [6.07, 6.45) is 0. The smallest absolute Gasteiger partial charge is 0.138 e. The first-order chi connectivity index (χ1) is 28.1. The average Bonchev–Trinajstić information content (AvgIpc) is 3.62. The number of fused-ring (bicyclic) bond motifs is 7. The van der Waals surface area contributed by atoms with E-state index in [1.807, 2.05) is 12.1 Å². The molecule has 0 aliphatic rings. The van der Waals surface area contributed by atoms with Crippen LogP contribution in [0.25, 0.3) is 87.6 Å². The topological polar surface area (TPSA) is 16.4 Å². The fourth-order valence-corrected chi connectivity index (χ4v) is 8.67. The van der Waals surface area contributed by atoms with Crippen molar-refractivity contribution in [2.75, 3.05) is 4.90 Å². The number of para-hydroxylation sites is 1. The molecule has 0 spiro atoms. The summed E-state index contributed by atoms with van der Waals surface area (Å²) in [6.45, 7) is 2.14. The minimum Gasteiger partial charge on any atom is -0.456 e. The standard InChI is InChI=1S/C55H37NO/c1-36-49-13-6-7-16-54(49)57-55(36)45-12-8-11-42(33-45)39-19-17-37(18-20-39)38-25-27-46(28-26-38)56(47-29-31-52-43(34-47)23-21-40-9-2-4-14-50(40)52)48-30-32-53-44(35-48)24-22-41-10-3-5-15-51(41)53/h2-35H,1H3. The Labute approximate surface area is 331 Å². The van der Waals surface area contributed by atoms with Gasteiger partial charge in [0.2, 0.25) is 0 Å². The Bertz CT molecular complexity index is 3180. The van der Waals surface area contributed by atoms with Gasteiger partial charge in [0.1, 0.15) is 11.3 Å². The van der Waals surface area contributed by atoms with Gasteiger partial charge in [-0.15, -0.1) is 0 Å². The van der Waals surface area contributed by atoms with Crippen molar-refractivity contribution in [2.45, 2.75) is 6.92 Å². The van der Waals surface area contributed by atoms with Crippen molar-refractivity contribution in [2.24, 2.45) is 0 Å². The van der Waals surface area contributed by atoms with Crippen LogP contribution < -0.4 is 4.90 Å². The van der Waals surface area contributed by atoms with Gasteiger partial charge in [0.25, 0.3) is 0 Å². The van der Waals surface area contributed by atoms with Gasteiger partial charge in [-0.3, -0.25) is 0 Å². The van der Waals surface area contributed by atoms with Crippen LogP contribution in [0.4, 0.5) is 17.1 Å². The Kier molecular flexibility index (Phi) is 7.75. The number of aryl methyl sites for hydroxylation is 1. The summed E-state index contributed by atoms with van der Waals surface area (Å²) in [7, 11) is 0. The van der Waals surface area contributed by atoms with Crippen molar-refractivity contribution < 1.29 is 4.42 Å². The van der Waals surface area contributed by atoms with Crippen LogP contribution in [-0.2, 0) is 0 Å². The molecule has 0 saturated heterocycles. The summed E-state index contributed by atoms with van der Waals surface area (Å²) in [5.74, 6) is 0.929. The van der Waals surface area contributed by atoms with E-state index in [9.17, 15) is 0 Å². The van der Waals surface area contributed by atoms with E-state index in [1.54, 1.807) is 0 Å². The molecule has 0 saturated carbocycles. The van der Waals surface area contributed by atoms with Crippen molar-refractivity contribution >= 4 is 71.1 Å². The number of anilines is 3. The van der Waals surface area contributed by atoms with Crippen LogP contribution in [0.5, 0.6) is 0 Å². The van der Waals surface area contributed by atoms with Crippen molar-refractivity contribution in [3.63, 3.8) is 0 Å². The van der Waals surface area contributed by atoms with Crippen molar-refractivity contribution in [1.82, 2.24) is 0 Å². The molecule has 57 heavy (non-hydrogen) atoms. The van der Waals surface area contributed by atoms with Crippen LogP contribution >= 0.6 is 0 Å². The van der Waals surface area contributed by atoms with Crippen LogP contribution in [0.2, 0.25) is 0 Å². The summed E-state index contributed by atoms with van der Waals surface area (Å²) >= 11 is 0. The van der Waals surface area contributed by atoms with E-state index >= 15 is 0 Å². The van der Waals surface area contributed by atoms with Gasteiger partial charge in [-0.2, -0.15) is 0 Å². The monoisotopic (exact) mass is 727 g/mol.